The fourth-order valence-electron chi connectivity index (χ4n) is 2.08. The Morgan fingerprint density at radius 2 is 2.00 bits per heavy atom. The van der Waals surface area contributed by atoms with E-state index in [-0.39, 0.29) is 0 Å². The number of hydrogen-bond acceptors (Lipinski definition) is 1. The van der Waals surface area contributed by atoms with Crippen molar-refractivity contribution in [3.63, 3.8) is 0 Å². The van der Waals surface area contributed by atoms with Crippen LogP contribution in [-0.4, -0.2) is 6.10 Å². The number of halogens is 1. The highest BCUT2D eigenvalue weighted by Crippen LogP contribution is 2.24. The van der Waals surface area contributed by atoms with Gasteiger partial charge in [-0.15, -0.1) is 0 Å². The number of alkyl halides is 1. The van der Waals surface area contributed by atoms with E-state index in [9.17, 15) is 0 Å². The molecule has 1 fully saturated rings. The van der Waals surface area contributed by atoms with Crippen LogP contribution in [0.3, 0.4) is 0 Å². The Morgan fingerprint density at radius 3 is 2.73 bits per heavy atom. The highest BCUT2D eigenvalue weighted by Gasteiger charge is 2.14. The normalized spacial score (nSPS) is 17.7. The standard InChI is InChI=1S/C13H17BrO/c14-10-11-5-4-8-13(9-11)15-12-6-2-1-3-7-12/h4-5,8-9,12H,1-3,6-7,10H2. The van der Waals surface area contributed by atoms with E-state index in [0.29, 0.717) is 6.10 Å². The lowest BCUT2D eigenvalue weighted by atomic mass is 9.98. The van der Waals surface area contributed by atoms with E-state index in [2.05, 4.69) is 40.2 Å². The van der Waals surface area contributed by atoms with Crippen molar-refractivity contribution in [2.45, 2.75) is 43.5 Å². The van der Waals surface area contributed by atoms with Gasteiger partial charge in [0.2, 0.25) is 0 Å². The average molecular weight is 269 g/mol. The molecule has 0 bridgehead atoms. The van der Waals surface area contributed by atoms with E-state index in [1.165, 1.54) is 37.7 Å². The Hall–Kier alpha value is -0.500. The summed E-state index contributed by atoms with van der Waals surface area (Å²) in [5.41, 5.74) is 1.28. The highest BCUT2D eigenvalue weighted by atomic mass is 79.9. The van der Waals surface area contributed by atoms with Gasteiger partial charge in [-0.3, -0.25) is 0 Å². The lowest BCUT2D eigenvalue weighted by Gasteiger charge is -2.23. The Labute approximate surface area is 100.0 Å². The fourth-order valence-corrected chi connectivity index (χ4v) is 2.43. The number of ether oxygens (including phenoxy) is 1. The van der Waals surface area contributed by atoms with Crippen LogP contribution in [0.4, 0.5) is 0 Å². The third-order valence-electron chi connectivity index (χ3n) is 2.91. The SMILES string of the molecule is BrCc1cccc(OC2CCCCC2)c1. The van der Waals surface area contributed by atoms with Crippen LogP contribution in [-0.2, 0) is 5.33 Å². The summed E-state index contributed by atoms with van der Waals surface area (Å²) in [6.07, 6.45) is 6.91. The molecular weight excluding hydrogens is 252 g/mol. The van der Waals surface area contributed by atoms with E-state index in [1.54, 1.807) is 0 Å². The van der Waals surface area contributed by atoms with Gasteiger partial charge in [0.1, 0.15) is 5.75 Å². The van der Waals surface area contributed by atoms with Crippen LogP contribution in [0.5, 0.6) is 5.75 Å². The lowest BCUT2D eigenvalue weighted by Crippen LogP contribution is -2.19. The molecule has 15 heavy (non-hydrogen) atoms. The molecule has 0 unspecified atom stereocenters. The zero-order chi connectivity index (χ0) is 10.5. The molecule has 0 heterocycles. The van der Waals surface area contributed by atoms with Gasteiger partial charge in [0, 0.05) is 5.33 Å². The van der Waals surface area contributed by atoms with E-state index in [4.69, 9.17) is 4.74 Å². The minimum absolute atomic E-state index is 0.448. The topological polar surface area (TPSA) is 9.23 Å². The summed E-state index contributed by atoms with van der Waals surface area (Å²) in [5.74, 6) is 1.03. The third-order valence-corrected chi connectivity index (χ3v) is 3.56. The Balaban J connectivity index is 1.96. The van der Waals surface area contributed by atoms with E-state index < -0.39 is 0 Å². The molecule has 1 aromatic rings. The van der Waals surface area contributed by atoms with Crippen molar-refractivity contribution < 1.29 is 4.74 Å². The molecule has 82 valence electrons. The molecule has 1 aromatic carbocycles. The molecule has 2 rings (SSSR count). The molecule has 0 atom stereocenters. The summed E-state index contributed by atoms with van der Waals surface area (Å²) >= 11 is 3.46. The first-order valence-corrected chi connectivity index (χ1v) is 6.82. The van der Waals surface area contributed by atoms with Gasteiger partial charge in [0.25, 0.3) is 0 Å². The maximum absolute atomic E-state index is 5.98. The quantitative estimate of drug-likeness (QED) is 0.744. The summed E-state index contributed by atoms with van der Waals surface area (Å²) in [6.45, 7) is 0. The van der Waals surface area contributed by atoms with Crippen molar-refractivity contribution in [3.8, 4) is 5.75 Å². The van der Waals surface area contributed by atoms with Crippen LogP contribution in [0.2, 0.25) is 0 Å². The van der Waals surface area contributed by atoms with Gasteiger partial charge in [-0.05, 0) is 43.4 Å². The van der Waals surface area contributed by atoms with Gasteiger partial charge in [-0.2, -0.15) is 0 Å². The van der Waals surface area contributed by atoms with E-state index in [0.717, 1.165) is 11.1 Å². The molecule has 1 saturated carbocycles. The minimum Gasteiger partial charge on any atom is -0.490 e. The lowest BCUT2D eigenvalue weighted by molar-refractivity contribution is 0.155. The first-order valence-electron chi connectivity index (χ1n) is 5.70. The van der Waals surface area contributed by atoms with Crippen LogP contribution in [0.15, 0.2) is 24.3 Å². The van der Waals surface area contributed by atoms with Crippen molar-refractivity contribution in [1.82, 2.24) is 0 Å². The van der Waals surface area contributed by atoms with Gasteiger partial charge in [0.15, 0.2) is 0 Å². The first-order chi connectivity index (χ1) is 7.38. The summed E-state index contributed by atoms with van der Waals surface area (Å²) in [6, 6.07) is 8.36. The van der Waals surface area contributed by atoms with Crippen LogP contribution in [0.25, 0.3) is 0 Å². The molecular formula is C13H17BrO. The van der Waals surface area contributed by atoms with E-state index in [1.807, 2.05) is 0 Å². The highest BCUT2D eigenvalue weighted by molar-refractivity contribution is 9.08. The smallest absolute Gasteiger partial charge is 0.120 e. The average Bonchev–Trinajstić information content (AvgIpc) is 2.31. The molecule has 0 aliphatic heterocycles. The number of hydrogen-bond donors (Lipinski definition) is 0. The fraction of sp³-hybridized carbons (Fsp3) is 0.538. The molecule has 1 aliphatic carbocycles. The molecule has 0 saturated heterocycles. The molecule has 0 N–H and O–H groups in total. The van der Waals surface area contributed by atoms with E-state index >= 15 is 0 Å². The first kappa shape index (κ1) is 11.0. The van der Waals surface area contributed by atoms with Gasteiger partial charge in [0.05, 0.1) is 6.10 Å². The summed E-state index contributed by atoms with van der Waals surface area (Å²) in [5, 5.41) is 0.898. The molecule has 0 radical (unpaired) electrons. The Morgan fingerprint density at radius 1 is 1.20 bits per heavy atom. The number of rotatable bonds is 3. The van der Waals surface area contributed by atoms with Crippen molar-refractivity contribution in [3.05, 3.63) is 29.8 Å². The van der Waals surface area contributed by atoms with Crippen LogP contribution in [0.1, 0.15) is 37.7 Å². The summed E-state index contributed by atoms with van der Waals surface area (Å²) < 4.78 is 5.98. The minimum atomic E-state index is 0.448. The molecule has 0 spiro atoms. The largest absolute Gasteiger partial charge is 0.490 e. The van der Waals surface area contributed by atoms with Crippen molar-refractivity contribution >= 4 is 15.9 Å². The van der Waals surface area contributed by atoms with Crippen molar-refractivity contribution in [2.24, 2.45) is 0 Å². The Bertz CT molecular complexity index is 305. The third kappa shape index (κ3) is 3.23. The van der Waals surface area contributed by atoms with Gasteiger partial charge in [-0.25, -0.2) is 0 Å². The predicted octanol–water partition coefficient (Wildman–Crippen LogP) is 4.29. The second kappa shape index (κ2) is 5.55. The maximum Gasteiger partial charge on any atom is 0.120 e. The maximum atomic E-state index is 5.98. The van der Waals surface area contributed by atoms with Gasteiger partial charge in [-0.1, -0.05) is 34.5 Å². The Kier molecular flexibility index (Phi) is 4.07. The molecule has 0 amide bonds. The molecule has 1 aliphatic rings. The molecule has 2 heteroatoms. The summed E-state index contributed by atoms with van der Waals surface area (Å²) in [4.78, 5) is 0. The zero-order valence-electron chi connectivity index (χ0n) is 8.92. The van der Waals surface area contributed by atoms with Crippen molar-refractivity contribution in [1.29, 1.82) is 0 Å². The van der Waals surface area contributed by atoms with Crippen LogP contribution < -0.4 is 4.74 Å². The van der Waals surface area contributed by atoms with Gasteiger partial charge < -0.3 is 4.74 Å². The monoisotopic (exact) mass is 268 g/mol. The zero-order valence-corrected chi connectivity index (χ0v) is 10.5. The molecule has 0 aromatic heterocycles. The number of benzene rings is 1. The van der Waals surface area contributed by atoms with Crippen LogP contribution >= 0.6 is 15.9 Å². The second-order valence-electron chi connectivity index (χ2n) is 4.16. The summed E-state index contributed by atoms with van der Waals surface area (Å²) in [7, 11) is 0. The second-order valence-corrected chi connectivity index (χ2v) is 4.72. The predicted molar refractivity (Wildman–Crippen MR) is 66.6 cm³/mol. The van der Waals surface area contributed by atoms with Crippen molar-refractivity contribution in [2.75, 3.05) is 0 Å². The van der Waals surface area contributed by atoms with Crippen LogP contribution in [0, 0.1) is 0 Å². The molecule has 1 nitrogen and oxygen atoms in total. The van der Waals surface area contributed by atoms with Gasteiger partial charge >= 0.3 is 0 Å².